The van der Waals surface area contributed by atoms with Crippen LogP contribution in [0.2, 0.25) is 0 Å². The van der Waals surface area contributed by atoms with Gasteiger partial charge in [-0.2, -0.15) is 0 Å². The molecule has 0 radical (unpaired) electrons. The van der Waals surface area contributed by atoms with E-state index in [-0.39, 0.29) is 11.3 Å². The van der Waals surface area contributed by atoms with Crippen LogP contribution >= 0.6 is 0 Å². The fourth-order valence-electron chi connectivity index (χ4n) is 1.83. The van der Waals surface area contributed by atoms with Crippen LogP contribution < -0.4 is 5.32 Å². The maximum absolute atomic E-state index is 11.3. The average Bonchev–Trinajstić information content (AvgIpc) is 2.11. The number of allylic oxidation sites excluding steroid dienone is 1. The predicted octanol–water partition coefficient (Wildman–Crippen LogP) is 2.26. The first-order valence-corrected chi connectivity index (χ1v) is 5.03. The highest BCUT2D eigenvalue weighted by atomic mass is 16.1. The van der Waals surface area contributed by atoms with E-state index in [0.29, 0.717) is 6.04 Å². The van der Waals surface area contributed by atoms with Crippen LogP contribution in [0.5, 0.6) is 0 Å². The Balaban J connectivity index is 2.66. The number of nitrogens with one attached hydrogen (secondary N) is 1. The summed E-state index contributed by atoms with van der Waals surface area (Å²) in [6.45, 7) is 6.50. The van der Waals surface area contributed by atoms with Crippen molar-refractivity contribution in [3.8, 4) is 0 Å². The summed E-state index contributed by atoms with van der Waals surface area (Å²) in [6, 6.07) is 0.350. The maximum Gasteiger partial charge on any atom is 0.243 e. The van der Waals surface area contributed by atoms with Gasteiger partial charge in [-0.15, -0.1) is 0 Å². The minimum Gasteiger partial charge on any atom is -0.350 e. The number of amides is 1. The second-order valence-corrected chi connectivity index (χ2v) is 4.52. The van der Waals surface area contributed by atoms with Gasteiger partial charge in [0.25, 0.3) is 0 Å². The van der Waals surface area contributed by atoms with Crippen molar-refractivity contribution in [2.45, 2.75) is 46.1 Å². The number of hydrogen-bond acceptors (Lipinski definition) is 1. The zero-order valence-corrected chi connectivity index (χ0v) is 8.76. The third-order valence-corrected chi connectivity index (χ3v) is 2.44. The van der Waals surface area contributed by atoms with Gasteiger partial charge in [0.2, 0.25) is 5.91 Å². The lowest BCUT2D eigenvalue weighted by atomic mass is 9.85. The van der Waals surface area contributed by atoms with Gasteiger partial charge in [0.15, 0.2) is 0 Å². The van der Waals surface area contributed by atoms with Crippen LogP contribution in [0, 0.1) is 5.41 Å². The lowest BCUT2D eigenvalue weighted by Gasteiger charge is -2.24. The van der Waals surface area contributed by atoms with Crippen LogP contribution in [0.25, 0.3) is 0 Å². The van der Waals surface area contributed by atoms with E-state index >= 15 is 0 Å². The molecule has 1 amide bonds. The van der Waals surface area contributed by atoms with Gasteiger partial charge in [-0.25, -0.2) is 0 Å². The highest BCUT2D eigenvalue weighted by Gasteiger charge is 2.24. The van der Waals surface area contributed by atoms with Crippen LogP contribution in [-0.4, -0.2) is 11.9 Å². The second-order valence-electron chi connectivity index (χ2n) is 4.52. The first kappa shape index (κ1) is 10.3. The Kier molecular flexibility index (Phi) is 3.12. The first-order valence-electron chi connectivity index (χ1n) is 5.03. The standard InChI is InChI=1S/C11H19NO/c1-4-5-9-8-11(2,3)7-6-10(13)12-9/h6-7,9H,4-5,8H2,1-3H3,(H,12,13). The van der Waals surface area contributed by atoms with Crippen LogP contribution in [0.3, 0.4) is 0 Å². The van der Waals surface area contributed by atoms with Gasteiger partial charge >= 0.3 is 0 Å². The van der Waals surface area contributed by atoms with Crippen molar-refractivity contribution >= 4 is 5.91 Å². The van der Waals surface area contributed by atoms with Crippen molar-refractivity contribution in [1.29, 1.82) is 0 Å². The largest absolute Gasteiger partial charge is 0.350 e. The molecule has 13 heavy (non-hydrogen) atoms. The molecule has 74 valence electrons. The van der Waals surface area contributed by atoms with E-state index in [1.54, 1.807) is 6.08 Å². The van der Waals surface area contributed by atoms with Gasteiger partial charge in [0.1, 0.15) is 0 Å². The maximum atomic E-state index is 11.3. The first-order chi connectivity index (χ1) is 6.03. The van der Waals surface area contributed by atoms with E-state index in [4.69, 9.17) is 0 Å². The third kappa shape index (κ3) is 3.21. The van der Waals surface area contributed by atoms with E-state index < -0.39 is 0 Å². The molecule has 0 aromatic carbocycles. The summed E-state index contributed by atoms with van der Waals surface area (Å²) in [5, 5.41) is 3.01. The summed E-state index contributed by atoms with van der Waals surface area (Å²) in [5.41, 5.74) is 0.152. The molecule has 0 saturated carbocycles. The highest BCUT2D eigenvalue weighted by molar-refractivity contribution is 5.88. The molecule has 0 aromatic heterocycles. The van der Waals surface area contributed by atoms with Crippen molar-refractivity contribution in [1.82, 2.24) is 5.32 Å². The number of rotatable bonds is 2. The zero-order valence-electron chi connectivity index (χ0n) is 8.76. The molecule has 2 heteroatoms. The van der Waals surface area contributed by atoms with Crippen molar-refractivity contribution in [2.75, 3.05) is 0 Å². The summed E-state index contributed by atoms with van der Waals surface area (Å²) in [7, 11) is 0. The molecule has 1 atom stereocenters. The summed E-state index contributed by atoms with van der Waals surface area (Å²) in [6.07, 6.45) is 6.93. The van der Waals surface area contributed by atoms with Crippen molar-refractivity contribution in [3.63, 3.8) is 0 Å². The molecule has 1 N–H and O–H groups in total. The monoisotopic (exact) mass is 181 g/mol. The van der Waals surface area contributed by atoms with Gasteiger partial charge in [-0.05, 0) is 24.3 Å². The predicted molar refractivity (Wildman–Crippen MR) is 54.4 cm³/mol. The topological polar surface area (TPSA) is 29.1 Å². The van der Waals surface area contributed by atoms with Crippen molar-refractivity contribution in [3.05, 3.63) is 12.2 Å². The quantitative estimate of drug-likeness (QED) is 0.695. The van der Waals surface area contributed by atoms with Gasteiger partial charge < -0.3 is 5.32 Å². The molecule has 0 spiro atoms. The normalized spacial score (nSPS) is 26.7. The molecular formula is C11H19NO. The molecule has 0 saturated heterocycles. The van der Waals surface area contributed by atoms with Crippen LogP contribution in [0.4, 0.5) is 0 Å². The highest BCUT2D eigenvalue weighted by Crippen LogP contribution is 2.27. The van der Waals surface area contributed by atoms with E-state index in [9.17, 15) is 4.79 Å². The molecule has 0 aromatic rings. The Hall–Kier alpha value is -0.790. The summed E-state index contributed by atoms with van der Waals surface area (Å²) >= 11 is 0. The minimum absolute atomic E-state index is 0.0593. The van der Waals surface area contributed by atoms with E-state index in [1.807, 2.05) is 6.08 Å². The molecule has 0 bridgehead atoms. The SMILES string of the molecule is CCCC1CC(C)(C)C=CC(=O)N1. The zero-order chi connectivity index (χ0) is 9.90. The number of carbonyl (C=O) groups excluding carboxylic acids is 1. The molecule has 0 fully saturated rings. The second kappa shape index (κ2) is 3.95. The van der Waals surface area contributed by atoms with Gasteiger partial charge in [0, 0.05) is 6.04 Å². The summed E-state index contributed by atoms with van der Waals surface area (Å²) in [4.78, 5) is 11.3. The molecule has 0 aliphatic carbocycles. The van der Waals surface area contributed by atoms with E-state index in [1.165, 1.54) is 0 Å². The van der Waals surface area contributed by atoms with Crippen LogP contribution in [-0.2, 0) is 4.79 Å². The van der Waals surface area contributed by atoms with E-state index in [2.05, 4.69) is 26.1 Å². The van der Waals surface area contributed by atoms with Gasteiger partial charge in [-0.1, -0.05) is 33.3 Å². The fourth-order valence-corrected chi connectivity index (χ4v) is 1.83. The molecule has 2 nitrogen and oxygen atoms in total. The Bertz CT molecular complexity index is 218. The molecule has 1 unspecified atom stereocenters. The third-order valence-electron chi connectivity index (χ3n) is 2.44. The smallest absolute Gasteiger partial charge is 0.243 e. The fraction of sp³-hybridized carbons (Fsp3) is 0.727. The molecule has 1 heterocycles. The average molecular weight is 181 g/mol. The summed E-state index contributed by atoms with van der Waals surface area (Å²) < 4.78 is 0. The molecule has 1 aliphatic rings. The molecule has 1 rings (SSSR count). The molecule has 1 aliphatic heterocycles. The Morgan fingerprint density at radius 2 is 2.31 bits per heavy atom. The van der Waals surface area contributed by atoms with Crippen molar-refractivity contribution < 1.29 is 4.79 Å². The lowest BCUT2D eigenvalue weighted by molar-refractivity contribution is -0.117. The summed E-state index contributed by atoms with van der Waals surface area (Å²) in [5.74, 6) is 0.0593. The van der Waals surface area contributed by atoms with Gasteiger partial charge in [-0.3, -0.25) is 4.79 Å². The number of carbonyl (C=O) groups is 1. The van der Waals surface area contributed by atoms with Crippen molar-refractivity contribution in [2.24, 2.45) is 5.41 Å². The van der Waals surface area contributed by atoms with Crippen LogP contribution in [0.1, 0.15) is 40.0 Å². The molecular weight excluding hydrogens is 162 g/mol. The number of hydrogen-bond donors (Lipinski definition) is 1. The Morgan fingerprint density at radius 3 is 2.92 bits per heavy atom. The van der Waals surface area contributed by atoms with Gasteiger partial charge in [0.05, 0.1) is 0 Å². The Morgan fingerprint density at radius 1 is 1.62 bits per heavy atom. The van der Waals surface area contributed by atoms with Crippen LogP contribution in [0.15, 0.2) is 12.2 Å². The minimum atomic E-state index is 0.0593. The lowest BCUT2D eigenvalue weighted by Crippen LogP contribution is -2.34. The van der Waals surface area contributed by atoms with E-state index in [0.717, 1.165) is 19.3 Å². The Labute approximate surface area is 80.4 Å².